The summed E-state index contributed by atoms with van der Waals surface area (Å²) in [7, 11) is 3.37. The van der Waals surface area contributed by atoms with Crippen LogP contribution in [0.1, 0.15) is 25.3 Å². The number of rotatable bonds is 5. The minimum atomic E-state index is 0. The number of benzene rings is 1. The summed E-state index contributed by atoms with van der Waals surface area (Å²) in [4.78, 5) is 2.47. The number of likely N-dealkylation sites (tertiary alicyclic amines) is 1. The standard InChI is InChI=1S/C16H26N2O2.ClH/c1-12-7-8-18(14(9-12)10-17)11-13-5-4-6-15(19-2)16(13)20-3;/h4-6,12,14H,7-11,17H2,1-3H3;1H. The highest BCUT2D eigenvalue weighted by Gasteiger charge is 2.26. The summed E-state index contributed by atoms with van der Waals surface area (Å²) in [5, 5.41) is 0. The Hall–Kier alpha value is -0.970. The second-order valence-corrected chi connectivity index (χ2v) is 5.64. The molecule has 120 valence electrons. The van der Waals surface area contributed by atoms with Crippen LogP contribution in [-0.2, 0) is 6.54 Å². The highest BCUT2D eigenvalue weighted by atomic mass is 35.5. The maximum atomic E-state index is 5.94. The molecule has 0 aliphatic carbocycles. The normalized spacial score (nSPS) is 22.5. The Morgan fingerprint density at radius 3 is 2.67 bits per heavy atom. The van der Waals surface area contributed by atoms with Gasteiger partial charge < -0.3 is 15.2 Å². The molecule has 2 unspecified atom stereocenters. The van der Waals surface area contributed by atoms with Gasteiger partial charge in [0.2, 0.25) is 0 Å². The summed E-state index contributed by atoms with van der Waals surface area (Å²) in [6.45, 7) is 5.00. The van der Waals surface area contributed by atoms with Crippen LogP contribution in [0.25, 0.3) is 0 Å². The van der Waals surface area contributed by atoms with Crippen molar-refractivity contribution in [2.75, 3.05) is 27.3 Å². The largest absolute Gasteiger partial charge is 0.493 e. The van der Waals surface area contributed by atoms with E-state index in [1.54, 1.807) is 14.2 Å². The van der Waals surface area contributed by atoms with Crippen molar-refractivity contribution in [1.82, 2.24) is 4.90 Å². The van der Waals surface area contributed by atoms with E-state index in [0.29, 0.717) is 6.04 Å². The highest BCUT2D eigenvalue weighted by Crippen LogP contribution is 2.33. The molecule has 0 bridgehead atoms. The van der Waals surface area contributed by atoms with Gasteiger partial charge in [0, 0.05) is 24.7 Å². The van der Waals surface area contributed by atoms with Crippen molar-refractivity contribution in [1.29, 1.82) is 0 Å². The Kier molecular flexibility index (Phi) is 7.29. The Labute approximate surface area is 134 Å². The van der Waals surface area contributed by atoms with Gasteiger partial charge in [-0.05, 0) is 31.4 Å². The summed E-state index contributed by atoms with van der Waals surface area (Å²) in [6, 6.07) is 6.52. The van der Waals surface area contributed by atoms with E-state index >= 15 is 0 Å². The highest BCUT2D eigenvalue weighted by molar-refractivity contribution is 5.85. The third-order valence-corrected chi connectivity index (χ3v) is 4.23. The Balaban J connectivity index is 0.00000220. The fraction of sp³-hybridized carbons (Fsp3) is 0.625. The van der Waals surface area contributed by atoms with E-state index < -0.39 is 0 Å². The van der Waals surface area contributed by atoms with E-state index in [2.05, 4.69) is 17.9 Å². The molecule has 1 fully saturated rings. The molecule has 4 nitrogen and oxygen atoms in total. The van der Waals surface area contributed by atoms with Gasteiger partial charge in [-0.25, -0.2) is 0 Å². The van der Waals surface area contributed by atoms with Crippen LogP contribution >= 0.6 is 12.4 Å². The van der Waals surface area contributed by atoms with Gasteiger partial charge in [0.15, 0.2) is 11.5 Å². The summed E-state index contributed by atoms with van der Waals surface area (Å²) in [5.41, 5.74) is 7.11. The van der Waals surface area contributed by atoms with Gasteiger partial charge in [0.1, 0.15) is 0 Å². The number of hydrogen-bond acceptors (Lipinski definition) is 4. The molecule has 1 aromatic rings. The van der Waals surface area contributed by atoms with Gasteiger partial charge in [-0.3, -0.25) is 4.90 Å². The molecule has 5 heteroatoms. The van der Waals surface area contributed by atoms with E-state index in [9.17, 15) is 0 Å². The Morgan fingerprint density at radius 1 is 1.29 bits per heavy atom. The van der Waals surface area contributed by atoms with Crippen LogP contribution < -0.4 is 15.2 Å². The minimum absolute atomic E-state index is 0. The van der Waals surface area contributed by atoms with Gasteiger partial charge >= 0.3 is 0 Å². The number of nitrogens with two attached hydrogens (primary N) is 1. The molecule has 2 rings (SSSR count). The van der Waals surface area contributed by atoms with Gasteiger partial charge in [0.05, 0.1) is 14.2 Å². The second kappa shape index (κ2) is 8.47. The van der Waals surface area contributed by atoms with Crippen LogP contribution in [0.3, 0.4) is 0 Å². The van der Waals surface area contributed by atoms with E-state index in [-0.39, 0.29) is 12.4 Å². The van der Waals surface area contributed by atoms with Crippen molar-refractivity contribution in [2.45, 2.75) is 32.4 Å². The molecule has 0 radical (unpaired) electrons. The van der Waals surface area contributed by atoms with Gasteiger partial charge in [0.25, 0.3) is 0 Å². The zero-order valence-electron chi connectivity index (χ0n) is 13.2. The van der Waals surface area contributed by atoms with Crippen LogP contribution in [0.5, 0.6) is 11.5 Å². The zero-order valence-corrected chi connectivity index (χ0v) is 14.0. The number of ether oxygens (including phenoxy) is 2. The molecule has 0 saturated carbocycles. The molecular weight excluding hydrogens is 288 g/mol. The van der Waals surface area contributed by atoms with Crippen molar-refractivity contribution < 1.29 is 9.47 Å². The fourth-order valence-electron chi connectivity index (χ4n) is 3.05. The van der Waals surface area contributed by atoms with E-state index in [4.69, 9.17) is 15.2 Å². The number of hydrogen-bond donors (Lipinski definition) is 1. The molecule has 0 amide bonds. The Morgan fingerprint density at radius 2 is 2.05 bits per heavy atom. The van der Waals surface area contributed by atoms with Crippen molar-refractivity contribution in [3.8, 4) is 11.5 Å². The van der Waals surface area contributed by atoms with Crippen molar-refractivity contribution in [3.05, 3.63) is 23.8 Å². The Bertz CT molecular complexity index is 442. The summed E-state index contributed by atoms with van der Waals surface area (Å²) < 4.78 is 10.9. The van der Waals surface area contributed by atoms with Crippen LogP contribution in [0.4, 0.5) is 0 Å². The average molecular weight is 315 g/mol. The molecular formula is C16H27ClN2O2. The van der Waals surface area contributed by atoms with Gasteiger partial charge in [-0.15, -0.1) is 12.4 Å². The first-order valence-corrected chi connectivity index (χ1v) is 7.33. The minimum Gasteiger partial charge on any atom is -0.493 e. The maximum absolute atomic E-state index is 5.94. The summed E-state index contributed by atoms with van der Waals surface area (Å²) in [6.07, 6.45) is 2.42. The smallest absolute Gasteiger partial charge is 0.165 e. The van der Waals surface area contributed by atoms with E-state index in [1.807, 2.05) is 12.1 Å². The van der Waals surface area contributed by atoms with E-state index in [1.165, 1.54) is 18.4 Å². The van der Waals surface area contributed by atoms with Crippen molar-refractivity contribution in [2.24, 2.45) is 11.7 Å². The molecule has 1 aliphatic rings. The van der Waals surface area contributed by atoms with E-state index in [0.717, 1.165) is 37.1 Å². The molecule has 2 N–H and O–H groups in total. The second-order valence-electron chi connectivity index (χ2n) is 5.64. The number of methoxy groups -OCH3 is 2. The number of halogens is 1. The lowest BCUT2D eigenvalue weighted by molar-refractivity contribution is 0.114. The quantitative estimate of drug-likeness (QED) is 0.908. The lowest BCUT2D eigenvalue weighted by Gasteiger charge is -2.38. The predicted octanol–water partition coefficient (Wildman–Crippen LogP) is 2.68. The molecule has 0 aromatic heterocycles. The molecule has 2 atom stereocenters. The van der Waals surface area contributed by atoms with Crippen molar-refractivity contribution in [3.63, 3.8) is 0 Å². The third kappa shape index (κ3) is 4.25. The average Bonchev–Trinajstić information content (AvgIpc) is 2.48. The van der Waals surface area contributed by atoms with Gasteiger partial charge in [-0.1, -0.05) is 19.1 Å². The van der Waals surface area contributed by atoms with Crippen molar-refractivity contribution >= 4 is 12.4 Å². The van der Waals surface area contributed by atoms with Crippen LogP contribution in [0.15, 0.2) is 18.2 Å². The molecule has 1 heterocycles. The number of nitrogens with zero attached hydrogens (tertiary/aromatic N) is 1. The lowest BCUT2D eigenvalue weighted by Crippen LogP contribution is -2.45. The van der Waals surface area contributed by atoms with Gasteiger partial charge in [-0.2, -0.15) is 0 Å². The molecule has 0 spiro atoms. The third-order valence-electron chi connectivity index (χ3n) is 4.23. The maximum Gasteiger partial charge on any atom is 0.165 e. The monoisotopic (exact) mass is 314 g/mol. The predicted molar refractivity (Wildman–Crippen MR) is 88.4 cm³/mol. The summed E-state index contributed by atoms with van der Waals surface area (Å²) >= 11 is 0. The zero-order chi connectivity index (χ0) is 14.5. The molecule has 1 aromatic carbocycles. The first kappa shape index (κ1) is 18.1. The van der Waals surface area contributed by atoms with Crippen LogP contribution in [0, 0.1) is 5.92 Å². The molecule has 1 saturated heterocycles. The topological polar surface area (TPSA) is 47.7 Å². The first-order valence-electron chi connectivity index (χ1n) is 7.33. The SMILES string of the molecule is COc1cccc(CN2CCC(C)CC2CN)c1OC.Cl. The van der Waals surface area contributed by atoms with Crippen LogP contribution in [0.2, 0.25) is 0 Å². The van der Waals surface area contributed by atoms with Crippen LogP contribution in [-0.4, -0.2) is 38.3 Å². The lowest BCUT2D eigenvalue weighted by atomic mass is 9.92. The number of piperidine rings is 1. The first-order chi connectivity index (χ1) is 9.69. The number of para-hydroxylation sites is 1. The fourth-order valence-corrected chi connectivity index (χ4v) is 3.05. The molecule has 21 heavy (non-hydrogen) atoms. The summed E-state index contributed by atoms with van der Waals surface area (Å²) in [5.74, 6) is 2.40. The molecule has 1 aliphatic heterocycles.